The minimum absolute atomic E-state index is 0.119. The van der Waals surface area contributed by atoms with E-state index in [1.54, 1.807) is 10.9 Å². The largest absolute Gasteiger partial charge is 0.372 e. The predicted octanol–water partition coefficient (Wildman–Crippen LogP) is 0.782. The van der Waals surface area contributed by atoms with Crippen molar-refractivity contribution in [1.29, 1.82) is 5.26 Å². The van der Waals surface area contributed by atoms with Crippen LogP contribution in [0.1, 0.15) is 36.6 Å². The molecule has 0 amide bonds. The van der Waals surface area contributed by atoms with Crippen molar-refractivity contribution in [1.82, 2.24) is 14.5 Å². The quantitative estimate of drug-likeness (QED) is 0.863. The van der Waals surface area contributed by atoms with Crippen LogP contribution in [-0.4, -0.2) is 36.6 Å². The fourth-order valence-corrected chi connectivity index (χ4v) is 4.75. The lowest BCUT2D eigenvalue weighted by Gasteiger charge is -2.20. The van der Waals surface area contributed by atoms with E-state index in [4.69, 9.17) is 10.00 Å². The van der Waals surface area contributed by atoms with Crippen LogP contribution >= 0.6 is 0 Å². The average molecular weight is 324 g/mol. The molecule has 1 aliphatic heterocycles. The van der Waals surface area contributed by atoms with Crippen molar-refractivity contribution in [3.8, 4) is 6.07 Å². The maximum absolute atomic E-state index is 12.3. The van der Waals surface area contributed by atoms with Crippen LogP contribution in [0.25, 0.3) is 0 Å². The number of aromatic nitrogens is 2. The Labute approximate surface area is 130 Å². The van der Waals surface area contributed by atoms with E-state index in [2.05, 4.69) is 15.9 Å². The Balaban J connectivity index is 1.74. The van der Waals surface area contributed by atoms with Crippen molar-refractivity contribution >= 4 is 10.0 Å². The highest BCUT2D eigenvalue weighted by Gasteiger charge is 2.47. The van der Waals surface area contributed by atoms with Crippen LogP contribution in [0.4, 0.5) is 0 Å². The number of aryl methyl sites for hydroxylation is 1. The van der Waals surface area contributed by atoms with Crippen molar-refractivity contribution in [2.24, 2.45) is 12.5 Å². The van der Waals surface area contributed by atoms with Gasteiger partial charge in [0.1, 0.15) is 6.10 Å². The van der Waals surface area contributed by atoms with Gasteiger partial charge in [0.2, 0.25) is 10.0 Å². The Morgan fingerprint density at radius 1 is 1.59 bits per heavy atom. The molecule has 120 valence electrons. The van der Waals surface area contributed by atoms with Crippen molar-refractivity contribution in [2.75, 3.05) is 12.4 Å². The molecule has 1 aliphatic carbocycles. The van der Waals surface area contributed by atoms with Crippen molar-refractivity contribution in [2.45, 2.75) is 38.3 Å². The second-order valence-corrected chi connectivity index (χ2v) is 8.02. The summed E-state index contributed by atoms with van der Waals surface area (Å²) in [6, 6.07) is 1.82. The summed E-state index contributed by atoms with van der Waals surface area (Å²) in [5, 5.41) is 13.3. The SMILES string of the molecule is Cc1c([C@H]2OCC[C@@H]2NS(=O)(=O)CC2(C#N)CC2)cnn1C. The number of hydrogen-bond donors (Lipinski definition) is 1. The molecule has 1 aromatic heterocycles. The number of hydrogen-bond acceptors (Lipinski definition) is 5. The van der Waals surface area contributed by atoms with Gasteiger partial charge in [0.05, 0.1) is 29.5 Å². The van der Waals surface area contributed by atoms with Crippen LogP contribution < -0.4 is 4.72 Å². The van der Waals surface area contributed by atoms with Crippen LogP contribution in [0.15, 0.2) is 6.20 Å². The number of ether oxygens (including phenoxy) is 1. The molecule has 1 aromatic rings. The molecule has 0 bridgehead atoms. The maximum Gasteiger partial charge on any atom is 0.213 e. The van der Waals surface area contributed by atoms with Crippen molar-refractivity contribution < 1.29 is 13.2 Å². The van der Waals surface area contributed by atoms with E-state index in [0.29, 0.717) is 25.9 Å². The number of nitriles is 1. The van der Waals surface area contributed by atoms with Crippen LogP contribution in [0.3, 0.4) is 0 Å². The molecular weight excluding hydrogens is 304 g/mol. The monoisotopic (exact) mass is 324 g/mol. The van der Waals surface area contributed by atoms with Crippen molar-refractivity contribution in [3.05, 3.63) is 17.5 Å². The predicted molar refractivity (Wildman–Crippen MR) is 79.2 cm³/mol. The van der Waals surface area contributed by atoms with Gasteiger partial charge < -0.3 is 4.74 Å². The zero-order chi connectivity index (χ0) is 16.0. The van der Waals surface area contributed by atoms with Gasteiger partial charge in [-0.3, -0.25) is 4.68 Å². The van der Waals surface area contributed by atoms with Gasteiger partial charge >= 0.3 is 0 Å². The van der Waals surface area contributed by atoms with Crippen LogP contribution in [0.5, 0.6) is 0 Å². The molecule has 3 rings (SSSR count). The first-order chi connectivity index (χ1) is 10.4. The van der Waals surface area contributed by atoms with Gasteiger partial charge in [-0.05, 0) is 26.2 Å². The molecule has 7 nitrogen and oxygen atoms in total. The molecule has 8 heteroatoms. The van der Waals surface area contributed by atoms with Gasteiger partial charge in [0.15, 0.2) is 0 Å². The average Bonchev–Trinajstić information content (AvgIpc) is 2.95. The fourth-order valence-electron chi connectivity index (χ4n) is 2.89. The normalized spacial score (nSPS) is 26.8. The van der Waals surface area contributed by atoms with Crippen LogP contribution in [-0.2, 0) is 21.8 Å². The summed E-state index contributed by atoms with van der Waals surface area (Å²) >= 11 is 0. The molecule has 2 atom stereocenters. The molecule has 0 aromatic carbocycles. The molecule has 0 spiro atoms. The molecule has 1 saturated heterocycles. The van der Waals surface area contributed by atoms with Crippen LogP contribution in [0.2, 0.25) is 0 Å². The summed E-state index contributed by atoms with van der Waals surface area (Å²) in [6.45, 7) is 2.44. The highest BCUT2D eigenvalue weighted by molar-refractivity contribution is 7.89. The highest BCUT2D eigenvalue weighted by atomic mass is 32.2. The van der Waals surface area contributed by atoms with Gasteiger partial charge in [-0.1, -0.05) is 0 Å². The second kappa shape index (κ2) is 5.33. The molecule has 22 heavy (non-hydrogen) atoms. The Hall–Kier alpha value is -1.43. The second-order valence-electron chi connectivity index (χ2n) is 6.26. The van der Waals surface area contributed by atoms with E-state index in [1.165, 1.54) is 0 Å². The van der Waals surface area contributed by atoms with E-state index in [9.17, 15) is 8.42 Å². The molecule has 1 N–H and O–H groups in total. The zero-order valence-corrected chi connectivity index (χ0v) is 13.6. The van der Waals surface area contributed by atoms with Gasteiger partial charge in [-0.2, -0.15) is 10.4 Å². The molecule has 0 unspecified atom stereocenters. The summed E-state index contributed by atoms with van der Waals surface area (Å²) in [5.41, 5.74) is 1.20. The minimum atomic E-state index is -3.50. The fraction of sp³-hybridized carbons (Fsp3) is 0.714. The zero-order valence-electron chi connectivity index (χ0n) is 12.7. The Morgan fingerprint density at radius 3 is 2.86 bits per heavy atom. The Bertz CT molecular complexity index is 715. The number of nitrogens with zero attached hydrogens (tertiary/aromatic N) is 3. The molecule has 2 aliphatic rings. The summed E-state index contributed by atoms with van der Waals surface area (Å²) in [4.78, 5) is 0. The summed E-state index contributed by atoms with van der Waals surface area (Å²) in [6.07, 6.45) is 3.36. The van der Waals surface area contributed by atoms with E-state index >= 15 is 0 Å². The Morgan fingerprint density at radius 2 is 2.32 bits per heavy atom. The summed E-state index contributed by atoms with van der Waals surface area (Å²) in [5.74, 6) is -0.119. The molecule has 2 heterocycles. The smallest absolute Gasteiger partial charge is 0.213 e. The van der Waals surface area contributed by atoms with E-state index < -0.39 is 15.4 Å². The topological polar surface area (TPSA) is 97.0 Å². The van der Waals surface area contributed by atoms with E-state index in [1.807, 2.05) is 14.0 Å². The lowest BCUT2D eigenvalue weighted by atomic mass is 10.0. The third-order valence-electron chi connectivity index (χ3n) is 4.56. The Kier molecular flexibility index (Phi) is 3.75. The van der Waals surface area contributed by atoms with Gasteiger partial charge in [0.25, 0.3) is 0 Å². The first-order valence-electron chi connectivity index (χ1n) is 7.37. The molecule has 0 radical (unpaired) electrons. The standard InChI is InChI=1S/C14H20N4O3S/c1-10-11(7-16-18(10)2)13-12(3-6-21-13)17-22(19,20)9-14(8-15)4-5-14/h7,12-13,17H,3-6,9H2,1-2H3/t12-,13+/m0/s1. The first kappa shape index (κ1) is 15.5. The number of rotatable bonds is 5. The van der Waals surface area contributed by atoms with E-state index in [0.717, 1.165) is 11.3 Å². The summed E-state index contributed by atoms with van der Waals surface area (Å²) < 4.78 is 34.9. The maximum atomic E-state index is 12.3. The van der Waals surface area contributed by atoms with Gasteiger partial charge in [0, 0.05) is 24.9 Å². The number of sulfonamides is 1. The van der Waals surface area contributed by atoms with E-state index in [-0.39, 0.29) is 17.9 Å². The lowest BCUT2D eigenvalue weighted by molar-refractivity contribution is 0.102. The first-order valence-corrected chi connectivity index (χ1v) is 9.02. The molecular formula is C14H20N4O3S. The lowest BCUT2D eigenvalue weighted by Crippen LogP contribution is -2.40. The van der Waals surface area contributed by atoms with Gasteiger partial charge in [-0.15, -0.1) is 0 Å². The third kappa shape index (κ3) is 2.89. The summed E-state index contributed by atoms with van der Waals surface area (Å²) in [7, 11) is -1.65. The number of nitrogens with one attached hydrogen (secondary N) is 1. The molecule has 2 fully saturated rings. The van der Waals surface area contributed by atoms with Crippen molar-refractivity contribution in [3.63, 3.8) is 0 Å². The minimum Gasteiger partial charge on any atom is -0.372 e. The highest BCUT2D eigenvalue weighted by Crippen LogP contribution is 2.46. The molecule has 1 saturated carbocycles. The van der Waals surface area contributed by atoms with Gasteiger partial charge in [-0.25, -0.2) is 13.1 Å². The van der Waals surface area contributed by atoms with Crippen LogP contribution in [0, 0.1) is 23.7 Å². The third-order valence-corrected chi connectivity index (χ3v) is 6.15.